The first-order valence-electron chi connectivity index (χ1n) is 13.3. The third-order valence-electron chi connectivity index (χ3n) is 7.74. The molecule has 3 aliphatic heterocycles. The summed E-state index contributed by atoms with van der Waals surface area (Å²) >= 11 is 1.90. The zero-order valence-corrected chi connectivity index (χ0v) is 22.5. The number of hydrogen-bond acceptors (Lipinski definition) is 7. The highest BCUT2D eigenvalue weighted by Gasteiger charge is 2.40. The number of para-hydroxylation sites is 1. The van der Waals surface area contributed by atoms with E-state index in [9.17, 15) is 9.59 Å². The van der Waals surface area contributed by atoms with Gasteiger partial charge in [0.1, 0.15) is 5.82 Å². The van der Waals surface area contributed by atoms with Gasteiger partial charge in [0.05, 0.1) is 27.1 Å². The fraction of sp³-hybridized carbons (Fsp3) is 0.500. The van der Waals surface area contributed by atoms with Crippen molar-refractivity contribution in [1.29, 1.82) is 0 Å². The van der Waals surface area contributed by atoms with Crippen LogP contribution in [0.3, 0.4) is 0 Å². The molecule has 2 bridgehead atoms. The maximum absolute atomic E-state index is 12.1. The molecule has 3 N–H and O–H groups in total. The van der Waals surface area contributed by atoms with Gasteiger partial charge in [0.25, 0.3) is 0 Å². The minimum atomic E-state index is -0.613. The molecule has 0 aliphatic carbocycles. The molecule has 37 heavy (non-hydrogen) atoms. The Balaban J connectivity index is 0.000000156. The lowest BCUT2D eigenvalue weighted by Crippen LogP contribution is -2.44. The van der Waals surface area contributed by atoms with Crippen LogP contribution in [0.1, 0.15) is 49.6 Å². The number of aryl methyl sites for hydroxylation is 1. The summed E-state index contributed by atoms with van der Waals surface area (Å²) < 4.78 is 1.34. The number of nitrogen functional groups attached to an aromatic ring is 1. The summed E-state index contributed by atoms with van der Waals surface area (Å²) in [5.74, 6) is 1.40. The van der Waals surface area contributed by atoms with Crippen LogP contribution < -0.4 is 11.1 Å². The number of fused-ring (bicyclic) bond motifs is 3. The largest absolute Gasteiger partial charge is 0.383 e. The second-order valence-corrected chi connectivity index (χ2v) is 11.6. The van der Waals surface area contributed by atoms with E-state index in [1.54, 1.807) is 11.0 Å². The zero-order valence-electron chi connectivity index (χ0n) is 21.7. The third kappa shape index (κ3) is 5.78. The molecule has 2 aromatic heterocycles. The number of amides is 2. The summed E-state index contributed by atoms with van der Waals surface area (Å²) in [6, 6.07) is 10.3. The predicted octanol–water partition coefficient (Wildman–Crippen LogP) is 4.14. The third-order valence-corrected chi connectivity index (χ3v) is 8.91. The first-order valence-corrected chi connectivity index (χ1v) is 14.2. The van der Waals surface area contributed by atoms with E-state index in [2.05, 4.69) is 46.4 Å². The van der Waals surface area contributed by atoms with Crippen LogP contribution in [0.15, 0.2) is 36.5 Å². The van der Waals surface area contributed by atoms with Crippen molar-refractivity contribution in [2.45, 2.75) is 45.4 Å². The fourth-order valence-electron chi connectivity index (χ4n) is 5.69. The van der Waals surface area contributed by atoms with Gasteiger partial charge in [0, 0.05) is 32.1 Å². The Hall–Kier alpha value is -3.04. The summed E-state index contributed by atoms with van der Waals surface area (Å²) in [6.07, 6.45) is 5.62. The van der Waals surface area contributed by atoms with Crippen molar-refractivity contribution in [1.82, 2.24) is 19.8 Å². The van der Waals surface area contributed by atoms with E-state index in [1.165, 1.54) is 47.5 Å². The van der Waals surface area contributed by atoms with Crippen molar-refractivity contribution < 1.29 is 9.59 Å². The topological polar surface area (TPSA) is 104 Å². The normalized spacial score (nSPS) is 24.5. The minimum Gasteiger partial charge on any atom is -0.383 e. The lowest BCUT2D eigenvalue weighted by Gasteiger charge is -2.30. The molecule has 9 heteroatoms. The number of anilines is 2. The first kappa shape index (κ1) is 25.6. The molecule has 1 aromatic carbocycles. The van der Waals surface area contributed by atoms with E-state index in [0.29, 0.717) is 36.4 Å². The van der Waals surface area contributed by atoms with Crippen LogP contribution in [0.2, 0.25) is 0 Å². The van der Waals surface area contributed by atoms with Gasteiger partial charge in [-0.3, -0.25) is 9.59 Å². The van der Waals surface area contributed by atoms with Crippen LogP contribution in [0.4, 0.5) is 11.5 Å². The minimum absolute atomic E-state index is 0.445. The number of pyridine rings is 1. The Morgan fingerprint density at radius 2 is 2.00 bits per heavy atom. The summed E-state index contributed by atoms with van der Waals surface area (Å²) in [7, 11) is 0. The molecular formula is C28H36N6O2S. The van der Waals surface area contributed by atoms with Gasteiger partial charge in [-0.15, -0.1) is 11.3 Å². The van der Waals surface area contributed by atoms with Gasteiger partial charge in [-0.1, -0.05) is 26.0 Å². The van der Waals surface area contributed by atoms with Gasteiger partial charge in [0.15, 0.2) is 0 Å². The number of thiazole rings is 1. The average Bonchev–Trinajstić information content (AvgIpc) is 3.65. The number of aromatic nitrogens is 2. The van der Waals surface area contributed by atoms with Crippen molar-refractivity contribution >= 4 is 44.9 Å². The van der Waals surface area contributed by atoms with E-state index in [-0.39, 0.29) is 0 Å². The van der Waals surface area contributed by atoms with Gasteiger partial charge in [-0.05, 0) is 67.8 Å². The van der Waals surface area contributed by atoms with Gasteiger partial charge in [0.2, 0.25) is 0 Å². The van der Waals surface area contributed by atoms with Gasteiger partial charge in [-0.25, -0.2) is 9.97 Å². The van der Waals surface area contributed by atoms with Crippen LogP contribution in [0.25, 0.3) is 10.2 Å². The Morgan fingerprint density at radius 3 is 2.70 bits per heavy atom. The molecule has 3 aliphatic rings. The molecule has 196 valence electrons. The number of carbonyl (C=O) groups is 2. The van der Waals surface area contributed by atoms with Crippen LogP contribution in [0.5, 0.6) is 0 Å². The van der Waals surface area contributed by atoms with Crippen LogP contribution in [-0.2, 0) is 16.0 Å². The number of nitrogens with two attached hydrogens (primary N) is 1. The Bertz CT molecular complexity index is 1240. The molecule has 8 nitrogen and oxygen atoms in total. The zero-order chi connectivity index (χ0) is 25.9. The van der Waals surface area contributed by atoms with Crippen molar-refractivity contribution in [3.8, 4) is 0 Å². The van der Waals surface area contributed by atoms with E-state index in [0.717, 1.165) is 30.7 Å². The first-order chi connectivity index (χ1) is 17.9. The number of likely N-dealkylation sites (tertiary alicyclic amines) is 1. The monoisotopic (exact) mass is 520 g/mol. The molecule has 4 unspecified atom stereocenters. The SMILES string of the molecule is CCc1cc(NC(=O)C(=O)N2CCCC(C)C2)cnc1N.c1ccc2sc(C3CN4CCC3C4)nc2c1. The molecular weight excluding hydrogens is 484 g/mol. The molecule has 4 atom stereocenters. The number of rotatable bonds is 3. The predicted molar refractivity (Wildman–Crippen MR) is 149 cm³/mol. The van der Waals surface area contributed by atoms with Gasteiger partial charge < -0.3 is 20.9 Å². The molecule has 5 heterocycles. The smallest absolute Gasteiger partial charge is 0.313 e. The van der Waals surface area contributed by atoms with Crippen molar-refractivity contribution in [3.63, 3.8) is 0 Å². The maximum Gasteiger partial charge on any atom is 0.313 e. The van der Waals surface area contributed by atoms with E-state index >= 15 is 0 Å². The molecule has 3 saturated heterocycles. The highest BCUT2D eigenvalue weighted by Crippen LogP contribution is 2.42. The highest BCUT2D eigenvalue weighted by molar-refractivity contribution is 7.18. The number of benzene rings is 1. The van der Waals surface area contributed by atoms with Crippen molar-refractivity contribution in [2.24, 2.45) is 11.8 Å². The van der Waals surface area contributed by atoms with Crippen LogP contribution in [-0.4, -0.2) is 64.3 Å². The maximum atomic E-state index is 12.1. The van der Waals surface area contributed by atoms with Crippen LogP contribution in [0, 0.1) is 11.8 Å². The summed E-state index contributed by atoms with van der Waals surface area (Å²) in [5, 5.41) is 3.98. The molecule has 3 aromatic rings. The van der Waals surface area contributed by atoms with E-state index < -0.39 is 11.8 Å². The summed E-state index contributed by atoms with van der Waals surface area (Å²) in [6.45, 7) is 9.20. The standard InChI is InChI=1S/C15H22N4O2.C13H14N2S/c1-3-11-7-12(8-17-13(11)16)18-14(20)15(21)19-6-4-5-10(2)9-19;1-2-4-12-11(3-1)14-13(16-12)10-8-15-6-5-9(10)7-15/h7-8,10H,3-6,9H2,1-2H3,(H2,16,17)(H,18,20);1-4,9-10H,5-8H2. The Labute approximate surface area is 222 Å². The molecule has 0 saturated carbocycles. The van der Waals surface area contributed by atoms with Crippen molar-refractivity contribution in [3.05, 3.63) is 47.1 Å². The second kappa shape index (κ2) is 11.1. The second-order valence-electron chi connectivity index (χ2n) is 10.5. The number of carbonyl (C=O) groups excluding carboxylic acids is 2. The Morgan fingerprint density at radius 1 is 1.16 bits per heavy atom. The fourth-order valence-corrected chi connectivity index (χ4v) is 6.84. The van der Waals surface area contributed by atoms with Gasteiger partial charge in [-0.2, -0.15) is 0 Å². The number of piperidine rings is 2. The van der Waals surface area contributed by atoms with Crippen molar-refractivity contribution in [2.75, 3.05) is 43.8 Å². The molecule has 6 rings (SSSR count). The van der Waals surface area contributed by atoms with E-state index in [1.807, 2.05) is 18.3 Å². The summed E-state index contributed by atoms with van der Waals surface area (Å²) in [5.41, 5.74) is 8.26. The lowest BCUT2D eigenvalue weighted by molar-refractivity contribution is -0.144. The number of nitrogens with one attached hydrogen (secondary N) is 1. The highest BCUT2D eigenvalue weighted by atomic mass is 32.1. The average molecular weight is 521 g/mol. The van der Waals surface area contributed by atoms with E-state index in [4.69, 9.17) is 10.7 Å². The molecule has 0 spiro atoms. The van der Waals surface area contributed by atoms with Gasteiger partial charge >= 0.3 is 11.8 Å². The number of hydrogen-bond donors (Lipinski definition) is 2. The Kier molecular flexibility index (Phi) is 7.71. The molecule has 3 fully saturated rings. The molecule has 0 radical (unpaired) electrons. The summed E-state index contributed by atoms with van der Waals surface area (Å²) in [4.78, 5) is 37.2. The van der Waals surface area contributed by atoms with Crippen LogP contribution >= 0.6 is 11.3 Å². The quantitative estimate of drug-likeness (QED) is 0.503. The number of nitrogens with zero attached hydrogens (tertiary/aromatic N) is 4. The lowest BCUT2D eigenvalue weighted by atomic mass is 9.93. The molecule has 2 amide bonds.